The van der Waals surface area contributed by atoms with E-state index in [4.69, 9.17) is 27.9 Å². The summed E-state index contributed by atoms with van der Waals surface area (Å²) in [6.45, 7) is 3.98. The lowest BCUT2D eigenvalue weighted by Crippen LogP contribution is -2.00. The molecule has 138 valence electrons. The van der Waals surface area contributed by atoms with E-state index < -0.39 is 0 Å². The third kappa shape index (κ3) is 3.95. The highest BCUT2D eigenvalue weighted by Gasteiger charge is 2.13. The zero-order valence-corrected chi connectivity index (χ0v) is 16.8. The zero-order valence-electron chi connectivity index (χ0n) is 15.3. The summed E-state index contributed by atoms with van der Waals surface area (Å²) in [5, 5.41) is 1.01. The SMILES string of the molecule is COc1ccc(C(=O)/C=C/c2cc(C)n(-c3cccc(Cl)c3Cl)c2C)cc1. The molecule has 0 unspecified atom stereocenters. The Morgan fingerprint density at radius 1 is 1.07 bits per heavy atom. The Kier molecular flexibility index (Phi) is 5.73. The molecular formula is C22H19Cl2NO2. The number of nitrogens with zero attached hydrogens (tertiary/aromatic N) is 1. The molecule has 0 aliphatic carbocycles. The summed E-state index contributed by atoms with van der Waals surface area (Å²) in [6, 6.07) is 14.6. The molecule has 0 spiro atoms. The fraction of sp³-hybridized carbons (Fsp3) is 0.136. The molecule has 0 N–H and O–H groups in total. The number of hydrogen-bond acceptors (Lipinski definition) is 2. The van der Waals surface area contributed by atoms with Gasteiger partial charge in [0.05, 0.1) is 22.8 Å². The molecule has 0 saturated heterocycles. The van der Waals surface area contributed by atoms with Gasteiger partial charge in [0.2, 0.25) is 0 Å². The Bertz CT molecular complexity index is 1020. The number of aromatic nitrogens is 1. The highest BCUT2D eigenvalue weighted by atomic mass is 35.5. The highest BCUT2D eigenvalue weighted by molar-refractivity contribution is 6.43. The van der Waals surface area contributed by atoms with Gasteiger partial charge in [0, 0.05) is 17.0 Å². The van der Waals surface area contributed by atoms with Crippen LogP contribution in [0.1, 0.15) is 27.3 Å². The number of carbonyl (C=O) groups excluding carboxylic acids is 1. The average Bonchev–Trinajstić information content (AvgIpc) is 2.95. The molecule has 3 nitrogen and oxygen atoms in total. The molecule has 0 fully saturated rings. The van der Waals surface area contributed by atoms with E-state index in [-0.39, 0.29) is 5.78 Å². The molecule has 0 atom stereocenters. The van der Waals surface area contributed by atoms with Crippen LogP contribution in [0, 0.1) is 13.8 Å². The minimum absolute atomic E-state index is 0.0664. The first-order valence-electron chi connectivity index (χ1n) is 8.42. The molecule has 0 amide bonds. The molecule has 3 aromatic rings. The second-order valence-electron chi connectivity index (χ2n) is 6.16. The van der Waals surface area contributed by atoms with Gasteiger partial charge in [-0.15, -0.1) is 0 Å². The fourth-order valence-corrected chi connectivity index (χ4v) is 3.39. The largest absolute Gasteiger partial charge is 0.497 e. The van der Waals surface area contributed by atoms with Crippen molar-refractivity contribution < 1.29 is 9.53 Å². The summed E-state index contributed by atoms with van der Waals surface area (Å²) in [4.78, 5) is 12.4. The minimum atomic E-state index is -0.0664. The second-order valence-corrected chi connectivity index (χ2v) is 6.95. The first kappa shape index (κ1) is 19.3. The van der Waals surface area contributed by atoms with E-state index in [1.54, 1.807) is 43.5 Å². The molecule has 0 bridgehead atoms. The molecule has 0 aliphatic heterocycles. The van der Waals surface area contributed by atoms with Gasteiger partial charge in [-0.05, 0) is 74.0 Å². The van der Waals surface area contributed by atoms with Crippen LogP contribution < -0.4 is 4.74 Å². The van der Waals surface area contributed by atoms with E-state index in [0.717, 1.165) is 28.4 Å². The van der Waals surface area contributed by atoms with Crippen molar-refractivity contribution in [2.45, 2.75) is 13.8 Å². The van der Waals surface area contributed by atoms with Crippen molar-refractivity contribution in [2.24, 2.45) is 0 Å². The van der Waals surface area contributed by atoms with Gasteiger partial charge >= 0.3 is 0 Å². The van der Waals surface area contributed by atoms with E-state index in [2.05, 4.69) is 0 Å². The smallest absolute Gasteiger partial charge is 0.185 e. The number of carbonyl (C=O) groups is 1. The van der Waals surface area contributed by atoms with Crippen molar-refractivity contribution >= 4 is 35.1 Å². The summed E-state index contributed by atoms with van der Waals surface area (Å²) in [5.74, 6) is 0.653. The third-order valence-electron chi connectivity index (χ3n) is 4.43. The molecule has 1 aromatic heterocycles. The predicted octanol–water partition coefficient (Wildman–Crippen LogP) is 6.31. The van der Waals surface area contributed by atoms with Gasteiger partial charge in [-0.3, -0.25) is 4.79 Å². The minimum Gasteiger partial charge on any atom is -0.497 e. The van der Waals surface area contributed by atoms with Gasteiger partial charge in [-0.1, -0.05) is 29.3 Å². The first-order valence-corrected chi connectivity index (χ1v) is 9.17. The lowest BCUT2D eigenvalue weighted by Gasteiger charge is -2.12. The summed E-state index contributed by atoms with van der Waals surface area (Å²) >= 11 is 12.5. The van der Waals surface area contributed by atoms with Crippen LogP contribution in [0.5, 0.6) is 5.75 Å². The zero-order chi connectivity index (χ0) is 19.6. The maximum atomic E-state index is 12.4. The molecule has 0 aliphatic rings. The van der Waals surface area contributed by atoms with E-state index in [0.29, 0.717) is 15.6 Å². The molecular weight excluding hydrogens is 381 g/mol. The molecule has 0 radical (unpaired) electrons. The topological polar surface area (TPSA) is 31.2 Å². The molecule has 2 aromatic carbocycles. The second kappa shape index (κ2) is 8.03. The highest BCUT2D eigenvalue weighted by Crippen LogP contribution is 2.32. The van der Waals surface area contributed by atoms with Crippen molar-refractivity contribution in [3.63, 3.8) is 0 Å². The Morgan fingerprint density at radius 3 is 2.44 bits per heavy atom. The lowest BCUT2D eigenvalue weighted by molar-refractivity contribution is 0.104. The molecule has 5 heteroatoms. The number of hydrogen-bond donors (Lipinski definition) is 0. The van der Waals surface area contributed by atoms with Gasteiger partial charge in [0.1, 0.15) is 5.75 Å². The predicted molar refractivity (Wildman–Crippen MR) is 112 cm³/mol. The normalized spacial score (nSPS) is 11.1. The Labute approximate surface area is 168 Å². The van der Waals surface area contributed by atoms with Crippen LogP contribution in [-0.2, 0) is 0 Å². The Balaban J connectivity index is 1.91. The maximum Gasteiger partial charge on any atom is 0.185 e. The number of methoxy groups -OCH3 is 1. The third-order valence-corrected chi connectivity index (χ3v) is 5.24. The molecule has 0 saturated carbocycles. The number of halogens is 2. The van der Waals surface area contributed by atoms with Crippen LogP contribution in [-0.4, -0.2) is 17.5 Å². The van der Waals surface area contributed by atoms with Crippen LogP contribution in [0.4, 0.5) is 0 Å². The number of allylic oxidation sites excluding steroid dienone is 1. The van der Waals surface area contributed by atoms with Crippen molar-refractivity contribution in [3.05, 3.63) is 87.2 Å². The van der Waals surface area contributed by atoms with Gasteiger partial charge < -0.3 is 9.30 Å². The van der Waals surface area contributed by atoms with Crippen LogP contribution >= 0.6 is 23.2 Å². The number of ketones is 1. The van der Waals surface area contributed by atoms with Crippen molar-refractivity contribution in [1.29, 1.82) is 0 Å². The summed E-state index contributed by atoms with van der Waals surface area (Å²) in [6.07, 6.45) is 3.40. The van der Waals surface area contributed by atoms with E-state index >= 15 is 0 Å². The van der Waals surface area contributed by atoms with Gasteiger partial charge in [-0.25, -0.2) is 0 Å². The van der Waals surface area contributed by atoms with Gasteiger partial charge in [0.25, 0.3) is 0 Å². The van der Waals surface area contributed by atoms with Crippen molar-refractivity contribution in [2.75, 3.05) is 7.11 Å². The number of ether oxygens (including phenoxy) is 1. The number of aryl methyl sites for hydroxylation is 1. The van der Waals surface area contributed by atoms with Crippen molar-refractivity contribution in [3.8, 4) is 11.4 Å². The van der Waals surface area contributed by atoms with Crippen LogP contribution in [0.3, 0.4) is 0 Å². The maximum absolute atomic E-state index is 12.4. The number of benzene rings is 2. The Morgan fingerprint density at radius 2 is 1.78 bits per heavy atom. The van der Waals surface area contributed by atoms with Crippen LogP contribution in [0.25, 0.3) is 11.8 Å². The van der Waals surface area contributed by atoms with E-state index in [1.807, 2.05) is 42.7 Å². The molecule has 1 heterocycles. The quantitative estimate of drug-likeness (QED) is 0.371. The first-order chi connectivity index (χ1) is 12.9. The molecule has 27 heavy (non-hydrogen) atoms. The summed E-state index contributed by atoms with van der Waals surface area (Å²) < 4.78 is 7.15. The average molecular weight is 400 g/mol. The number of rotatable bonds is 5. The summed E-state index contributed by atoms with van der Waals surface area (Å²) in [5.41, 5.74) is 4.37. The van der Waals surface area contributed by atoms with Crippen LogP contribution in [0.15, 0.2) is 54.6 Å². The van der Waals surface area contributed by atoms with Crippen LogP contribution in [0.2, 0.25) is 10.0 Å². The van der Waals surface area contributed by atoms with Gasteiger partial charge in [-0.2, -0.15) is 0 Å². The fourth-order valence-electron chi connectivity index (χ4n) is 3.01. The lowest BCUT2D eigenvalue weighted by atomic mass is 10.1. The Hall–Kier alpha value is -2.49. The monoisotopic (exact) mass is 399 g/mol. The van der Waals surface area contributed by atoms with E-state index in [1.165, 1.54) is 0 Å². The van der Waals surface area contributed by atoms with Gasteiger partial charge in [0.15, 0.2) is 5.78 Å². The van der Waals surface area contributed by atoms with Crippen molar-refractivity contribution in [1.82, 2.24) is 4.57 Å². The van der Waals surface area contributed by atoms with E-state index in [9.17, 15) is 4.79 Å². The standard InChI is InChI=1S/C22H19Cl2NO2/c1-14-13-17(9-12-21(26)16-7-10-18(27-3)11-8-16)15(2)25(14)20-6-4-5-19(23)22(20)24/h4-13H,1-3H3/b12-9+. The summed E-state index contributed by atoms with van der Waals surface area (Å²) in [7, 11) is 1.60. The molecule has 3 rings (SSSR count).